The Labute approximate surface area is 339 Å². The number of ether oxygens (including phenoxy) is 1. The molecule has 4 fully saturated rings. The molecule has 3 atom stereocenters. The molecule has 0 radical (unpaired) electrons. The third-order valence-corrected chi connectivity index (χ3v) is 12.5. The van der Waals surface area contributed by atoms with Crippen LogP contribution in [0.3, 0.4) is 0 Å². The second-order valence-corrected chi connectivity index (χ2v) is 17.2. The summed E-state index contributed by atoms with van der Waals surface area (Å²) in [5, 5.41) is 17.5. The summed E-state index contributed by atoms with van der Waals surface area (Å²) in [6, 6.07) is 8.31. The number of hydrogen-bond donors (Lipinski definition) is 3. The van der Waals surface area contributed by atoms with Crippen LogP contribution in [0.15, 0.2) is 41.4 Å². The summed E-state index contributed by atoms with van der Waals surface area (Å²) >= 11 is 0.574. The molecule has 14 nitrogen and oxygen atoms in total. The van der Waals surface area contributed by atoms with Gasteiger partial charge in [-0.05, 0) is 109 Å². The number of amides is 6. The van der Waals surface area contributed by atoms with Gasteiger partial charge in [-0.15, -0.1) is 0 Å². The number of rotatable bonds is 12. The molecule has 4 heterocycles. The number of benzene rings is 1. The summed E-state index contributed by atoms with van der Waals surface area (Å²) in [6.07, 6.45) is 2.21. The first-order valence-corrected chi connectivity index (χ1v) is 20.4. The normalized spacial score (nSPS) is 26.7. The fraction of sp³-hybridized carbons (Fsp3) is 0.575. The highest BCUT2D eigenvalue weighted by molar-refractivity contribution is 7.98. The van der Waals surface area contributed by atoms with Crippen LogP contribution >= 0.6 is 11.9 Å². The van der Waals surface area contributed by atoms with E-state index in [4.69, 9.17) is 10.00 Å². The van der Waals surface area contributed by atoms with Crippen LogP contribution in [0.4, 0.5) is 29.3 Å². The van der Waals surface area contributed by atoms with E-state index in [9.17, 15) is 37.1 Å². The molecule has 0 bridgehead atoms. The van der Waals surface area contributed by atoms with Gasteiger partial charge < -0.3 is 20.3 Å². The number of aromatic nitrogens is 1. The summed E-state index contributed by atoms with van der Waals surface area (Å²) < 4.78 is 47.8. The van der Waals surface area contributed by atoms with E-state index >= 15 is 0 Å². The standard InChI is InChI=1S/C40H49F3N8O6S/c1-23-16-25(17-24(2)49(23)22-35(53)47-27-7-5-6-26(18-27)46-32-12-13-34(52)48-36(32)54)14-15-57-29-10-8-28(9-11-29)50-38(56)51(37(55)39(50,3)4)58-30-19-31(40(41,42)43)33(20-44)45-21-30/h5-7,18-19,21,23-25,28-29,32,46H,8-17,22H2,1-4H3,(H,47,53)(H,48,52,54). The summed E-state index contributed by atoms with van der Waals surface area (Å²) in [7, 11) is 0. The fourth-order valence-electron chi connectivity index (χ4n) is 8.65. The molecule has 4 aliphatic rings. The zero-order valence-electron chi connectivity index (χ0n) is 32.9. The van der Waals surface area contributed by atoms with E-state index in [1.807, 2.05) is 0 Å². The average molecular weight is 827 g/mol. The highest BCUT2D eigenvalue weighted by Crippen LogP contribution is 2.42. The molecule has 312 valence electrons. The quantitative estimate of drug-likeness (QED) is 0.128. The number of urea groups is 1. The van der Waals surface area contributed by atoms with E-state index in [0.717, 1.165) is 35.8 Å². The predicted octanol–water partition coefficient (Wildman–Crippen LogP) is 6.08. The van der Waals surface area contributed by atoms with E-state index in [1.54, 1.807) is 38.1 Å². The molecule has 3 N–H and O–H groups in total. The number of imide groups is 2. The first kappa shape index (κ1) is 42.9. The molecule has 1 saturated carbocycles. The zero-order chi connectivity index (χ0) is 41.9. The van der Waals surface area contributed by atoms with Crippen LogP contribution in [0.1, 0.15) is 96.7 Å². The van der Waals surface area contributed by atoms with Crippen molar-refractivity contribution >= 4 is 53.0 Å². The number of halogens is 3. The summed E-state index contributed by atoms with van der Waals surface area (Å²) in [6.45, 7) is 8.36. The Hall–Kier alpha value is -4.73. The number of carbonyl (C=O) groups is 5. The molecule has 2 aromatic rings. The number of hydrogen-bond acceptors (Lipinski definition) is 11. The first-order chi connectivity index (χ1) is 27.4. The fourth-order valence-corrected chi connectivity index (χ4v) is 9.60. The molecule has 3 aliphatic heterocycles. The highest BCUT2D eigenvalue weighted by Gasteiger charge is 2.55. The molecular formula is C40H49F3N8O6S. The molecule has 1 aromatic carbocycles. The second kappa shape index (κ2) is 17.6. The number of nitriles is 1. The van der Waals surface area contributed by atoms with Gasteiger partial charge in [0.25, 0.3) is 5.91 Å². The smallest absolute Gasteiger partial charge is 0.378 e. The van der Waals surface area contributed by atoms with Gasteiger partial charge >= 0.3 is 12.2 Å². The number of nitrogens with zero attached hydrogens (tertiary/aromatic N) is 5. The minimum atomic E-state index is -4.83. The minimum absolute atomic E-state index is 0.000107. The average Bonchev–Trinajstić information content (AvgIpc) is 3.32. The second-order valence-electron chi connectivity index (χ2n) is 16.2. The van der Waals surface area contributed by atoms with Crippen molar-refractivity contribution in [3.8, 4) is 6.07 Å². The van der Waals surface area contributed by atoms with Crippen molar-refractivity contribution in [1.29, 1.82) is 5.26 Å². The van der Waals surface area contributed by atoms with E-state index < -0.39 is 41.0 Å². The maximum atomic E-state index is 13.6. The lowest BCUT2D eigenvalue weighted by molar-refractivity contribution is -0.138. The molecule has 1 aromatic heterocycles. The van der Waals surface area contributed by atoms with Crippen LogP contribution in [0.5, 0.6) is 0 Å². The number of piperidine rings is 2. The molecule has 58 heavy (non-hydrogen) atoms. The number of nitrogens with one attached hydrogen (secondary N) is 3. The number of alkyl halides is 3. The van der Waals surface area contributed by atoms with Gasteiger partial charge in [0.15, 0.2) is 5.69 Å². The minimum Gasteiger partial charge on any atom is -0.378 e. The molecule has 0 spiro atoms. The van der Waals surface area contributed by atoms with Crippen molar-refractivity contribution in [3.63, 3.8) is 0 Å². The van der Waals surface area contributed by atoms with E-state index in [1.165, 1.54) is 11.0 Å². The Kier molecular flexibility index (Phi) is 13.0. The van der Waals surface area contributed by atoms with Crippen LogP contribution in [0.25, 0.3) is 0 Å². The van der Waals surface area contributed by atoms with Crippen molar-refractivity contribution in [2.24, 2.45) is 5.92 Å². The van der Waals surface area contributed by atoms with E-state index in [-0.39, 0.29) is 59.8 Å². The molecule has 1 aliphatic carbocycles. The lowest BCUT2D eigenvalue weighted by Gasteiger charge is -2.42. The van der Waals surface area contributed by atoms with Crippen LogP contribution in [-0.2, 0) is 30.1 Å². The molecular weight excluding hydrogens is 778 g/mol. The Morgan fingerprint density at radius 1 is 1.05 bits per heavy atom. The Morgan fingerprint density at radius 2 is 1.74 bits per heavy atom. The third kappa shape index (κ3) is 9.75. The topological polar surface area (TPSA) is 177 Å². The molecule has 6 rings (SSSR count). The lowest BCUT2D eigenvalue weighted by Crippen LogP contribution is -2.51. The van der Waals surface area contributed by atoms with Gasteiger partial charge in [-0.1, -0.05) is 6.07 Å². The Bertz CT molecular complexity index is 1940. The maximum absolute atomic E-state index is 13.6. The van der Waals surface area contributed by atoms with Crippen LogP contribution in [0, 0.1) is 17.2 Å². The molecule has 3 saturated heterocycles. The van der Waals surface area contributed by atoms with Gasteiger partial charge in [0, 0.05) is 65.6 Å². The SMILES string of the molecule is CC1CC(CCOC2CCC(N3C(=O)N(Sc4cnc(C#N)c(C(F)(F)F)c4)C(=O)C3(C)C)CC2)CC(C)N1CC(=O)Nc1cccc(NC2CCC(=O)NC2=O)c1. The zero-order valence-corrected chi connectivity index (χ0v) is 33.8. The van der Waals surface area contributed by atoms with Crippen molar-refractivity contribution in [2.75, 3.05) is 23.8 Å². The molecule has 6 amide bonds. The van der Waals surface area contributed by atoms with Crippen molar-refractivity contribution in [3.05, 3.63) is 47.8 Å². The van der Waals surface area contributed by atoms with E-state index in [0.29, 0.717) is 68.0 Å². The largest absolute Gasteiger partial charge is 0.419 e. The van der Waals surface area contributed by atoms with E-state index in [2.05, 4.69) is 39.7 Å². The van der Waals surface area contributed by atoms with Crippen molar-refractivity contribution in [1.82, 2.24) is 24.4 Å². The summed E-state index contributed by atoms with van der Waals surface area (Å²) in [4.78, 5) is 71.1. The number of carbonyl (C=O) groups excluding carboxylic acids is 5. The Morgan fingerprint density at radius 3 is 2.40 bits per heavy atom. The van der Waals surface area contributed by atoms with Gasteiger partial charge in [0.05, 0.1) is 18.2 Å². The van der Waals surface area contributed by atoms with Gasteiger partial charge in [-0.3, -0.25) is 29.4 Å². The lowest BCUT2D eigenvalue weighted by atomic mass is 9.85. The summed E-state index contributed by atoms with van der Waals surface area (Å²) in [5.41, 5.74) is -1.94. The van der Waals surface area contributed by atoms with Gasteiger partial charge in [0.2, 0.25) is 17.7 Å². The predicted molar refractivity (Wildman–Crippen MR) is 208 cm³/mol. The number of pyridine rings is 1. The third-order valence-electron chi connectivity index (χ3n) is 11.6. The number of anilines is 2. The molecule has 18 heteroatoms. The van der Waals surface area contributed by atoms with Gasteiger partial charge in [-0.2, -0.15) is 22.7 Å². The highest BCUT2D eigenvalue weighted by atomic mass is 32.2. The van der Waals surface area contributed by atoms with Crippen molar-refractivity contribution in [2.45, 2.75) is 132 Å². The Balaban J connectivity index is 0.930. The monoisotopic (exact) mass is 826 g/mol. The summed E-state index contributed by atoms with van der Waals surface area (Å²) in [5.74, 6) is -0.896. The first-order valence-electron chi connectivity index (χ1n) is 19.6. The van der Waals surface area contributed by atoms with Crippen LogP contribution < -0.4 is 16.0 Å². The van der Waals surface area contributed by atoms with Crippen LogP contribution in [0.2, 0.25) is 0 Å². The van der Waals surface area contributed by atoms with Crippen molar-refractivity contribution < 1.29 is 41.9 Å². The molecule has 3 unspecified atom stereocenters. The maximum Gasteiger partial charge on any atom is 0.419 e. The van der Waals surface area contributed by atoms with Crippen LogP contribution in [-0.4, -0.2) is 97.7 Å². The van der Waals surface area contributed by atoms with Gasteiger partial charge in [-0.25, -0.2) is 9.78 Å². The number of likely N-dealkylation sites (tertiary alicyclic amines) is 1. The van der Waals surface area contributed by atoms with Gasteiger partial charge in [0.1, 0.15) is 17.6 Å².